The van der Waals surface area contributed by atoms with E-state index in [1.807, 2.05) is 0 Å². The van der Waals surface area contributed by atoms with Gasteiger partial charge in [-0.3, -0.25) is 34.8 Å². The van der Waals surface area contributed by atoms with Crippen LogP contribution in [-0.4, -0.2) is 45.3 Å². The lowest BCUT2D eigenvalue weighted by molar-refractivity contribution is -0.394. The molecule has 0 saturated carbocycles. The largest absolute Gasteiger partial charge is 0.469 e. The summed E-state index contributed by atoms with van der Waals surface area (Å²) in [4.78, 5) is 50.2. The molecule has 0 aliphatic heterocycles. The van der Waals surface area contributed by atoms with E-state index in [1.54, 1.807) is 18.2 Å². The molecule has 0 fully saturated rings. The first-order valence-electron chi connectivity index (χ1n) is 8.01. The van der Waals surface area contributed by atoms with E-state index >= 15 is 0 Å². The molecule has 0 radical (unpaired) electrons. The number of ether oxygens (including phenoxy) is 1. The summed E-state index contributed by atoms with van der Waals surface area (Å²) in [7, 11) is 1.21. The topological polar surface area (TPSA) is 146 Å². The fourth-order valence-electron chi connectivity index (χ4n) is 2.38. The maximum absolute atomic E-state index is 12.9. The molecular formula is C17H16N4O7. The average molecular weight is 388 g/mol. The first-order chi connectivity index (χ1) is 13.3. The van der Waals surface area contributed by atoms with Gasteiger partial charge in [-0.1, -0.05) is 6.07 Å². The van der Waals surface area contributed by atoms with Crippen LogP contribution in [0.5, 0.6) is 0 Å². The van der Waals surface area contributed by atoms with Crippen LogP contribution >= 0.6 is 0 Å². The van der Waals surface area contributed by atoms with E-state index in [0.717, 1.165) is 18.2 Å². The van der Waals surface area contributed by atoms with Crippen molar-refractivity contribution in [3.05, 3.63) is 74.1 Å². The Morgan fingerprint density at radius 1 is 1.11 bits per heavy atom. The normalized spacial score (nSPS) is 10.2. The minimum atomic E-state index is -0.818. The van der Waals surface area contributed by atoms with E-state index < -0.39 is 33.1 Å². The highest BCUT2D eigenvalue weighted by atomic mass is 16.6. The number of amides is 1. The van der Waals surface area contributed by atoms with E-state index in [-0.39, 0.29) is 25.1 Å². The van der Waals surface area contributed by atoms with Gasteiger partial charge < -0.3 is 9.64 Å². The number of non-ortho nitro benzene ring substituents is 2. The molecule has 0 aliphatic rings. The molecule has 1 aromatic carbocycles. The van der Waals surface area contributed by atoms with Gasteiger partial charge in [0.1, 0.15) is 0 Å². The maximum Gasteiger partial charge on any atom is 0.307 e. The predicted octanol–water partition coefficient (Wildman–Crippen LogP) is 2.10. The Balaban J connectivity index is 2.38. The monoisotopic (exact) mass is 388 g/mol. The molecular weight excluding hydrogens is 372 g/mol. The number of esters is 1. The van der Waals surface area contributed by atoms with Gasteiger partial charge in [0.05, 0.1) is 47.2 Å². The lowest BCUT2D eigenvalue weighted by Crippen LogP contribution is -2.33. The quantitative estimate of drug-likeness (QED) is 0.379. The number of aromatic nitrogens is 1. The highest BCUT2D eigenvalue weighted by molar-refractivity contribution is 5.95. The van der Waals surface area contributed by atoms with E-state index in [0.29, 0.717) is 5.69 Å². The van der Waals surface area contributed by atoms with Gasteiger partial charge in [0.25, 0.3) is 17.3 Å². The van der Waals surface area contributed by atoms with Crippen molar-refractivity contribution in [2.24, 2.45) is 0 Å². The molecule has 1 amide bonds. The van der Waals surface area contributed by atoms with Crippen LogP contribution in [0.2, 0.25) is 0 Å². The highest BCUT2D eigenvalue weighted by Gasteiger charge is 2.24. The SMILES string of the molecule is COC(=O)CCN(Cc1ccccn1)C(=O)c1cc([N+](=O)[O-])cc([N+](=O)[O-])c1. The summed E-state index contributed by atoms with van der Waals surface area (Å²) in [5.41, 5.74) is -0.881. The maximum atomic E-state index is 12.9. The number of pyridine rings is 1. The molecule has 0 saturated heterocycles. The van der Waals surface area contributed by atoms with Gasteiger partial charge in [0.15, 0.2) is 0 Å². The summed E-state index contributed by atoms with van der Waals surface area (Å²) in [5.74, 6) is -1.26. The highest BCUT2D eigenvalue weighted by Crippen LogP contribution is 2.24. The van der Waals surface area contributed by atoms with Gasteiger partial charge in [0.2, 0.25) is 0 Å². The van der Waals surface area contributed by atoms with Crippen molar-refractivity contribution in [2.75, 3.05) is 13.7 Å². The molecule has 28 heavy (non-hydrogen) atoms. The Labute approximate surface area is 158 Å². The first kappa shape index (κ1) is 20.4. The number of nitro groups is 2. The van der Waals surface area contributed by atoms with Crippen LogP contribution in [0.25, 0.3) is 0 Å². The van der Waals surface area contributed by atoms with E-state index in [2.05, 4.69) is 9.72 Å². The van der Waals surface area contributed by atoms with E-state index in [9.17, 15) is 29.8 Å². The number of hydrogen-bond acceptors (Lipinski definition) is 8. The second kappa shape index (κ2) is 9.16. The number of benzene rings is 1. The zero-order valence-electron chi connectivity index (χ0n) is 14.8. The third-order valence-corrected chi connectivity index (χ3v) is 3.75. The van der Waals surface area contributed by atoms with Gasteiger partial charge in [-0.2, -0.15) is 0 Å². The molecule has 0 atom stereocenters. The number of methoxy groups -OCH3 is 1. The Morgan fingerprint density at radius 3 is 2.25 bits per heavy atom. The molecule has 2 aromatic rings. The molecule has 11 heteroatoms. The van der Waals surface area contributed by atoms with Crippen LogP contribution in [0.4, 0.5) is 11.4 Å². The number of carbonyl (C=O) groups excluding carboxylic acids is 2. The third kappa shape index (κ3) is 5.30. The van der Waals surface area contributed by atoms with Crippen molar-refractivity contribution in [1.29, 1.82) is 0 Å². The van der Waals surface area contributed by atoms with Crippen molar-refractivity contribution in [1.82, 2.24) is 9.88 Å². The lowest BCUT2D eigenvalue weighted by Gasteiger charge is -2.22. The van der Waals surface area contributed by atoms with Crippen LogP contribution in [0.1, 0.15) is 22.5 Å². The summed E-state index contributed by atoms with van der Waals surface area (Å²) < 4.78 is 4.57. The Morgan fingerprint density at radius 2 is 1.75 bits per heavy atom. The van der Waals surface area contributed by atoms with Gasteiger partial charge in [-0.05, 0) is 12.1 Å². The molecule has 11 nitrogen and oxygen atoms in total. The van der Waals surface area contributed by atoms with Gasteiger partial charge in [-0.15, -0.1) is 0 Å². The fourth-order valence-corrected chi connectivity index (χ4v) is 2.38. The van der Waals surface area contributed by atoms with Gasteiger partial charge >= 0.3 is 5.97 Å². The van der Waals surface area contributed by atoms with Crippen molar-refractivity contribution in [3.63, 3.8) is 0 Å². The smallest absolute Gasteiger partial charge is 0.307 e. The standard InChI is InChI=1S/C17H16N4O7/c1-28-16(22)5-7-19(11-13-4-2-3-6-18-13)17(23)12-8-14(20(24)25)10-15(9-12)21(26)27/h2-4,6,8-10H,5,7,11H2,1H3. The summed E-state index contributed by atoms with van der Waals surface area (Å²) in [6, 6.07) is 7.75. The Hall–Kier alpha value is -3.89. The lowest BCUT2D eigenvalue weighted by atomic mass is 10.1. The summed E-state index contributed by atoms with van der Waals surface area (Å²) in [6.45, 7) is -0.0499. The van der Waals surface area contributed by atoms with Crippen LogP contribution in [-0.2, 0) is 16.1 Å². The third-order valence-electron chi connectivity index (χ3n) is 3.75. The van der Waals surface area contributed by atoms with E-state index in [1.165, 1.54) is 18.2 Å². The zero-order valence-corrected chi connectivity index (χ0v) is 14.8. The molecule has 146 valence electrons. The molecule has 0 N–H and O–H groups in total. The summed E-state index contributed by atoms with van der Waals surface area (Å²) in [5, 5.41) is 22.1. The van der Waals surface area contributed by atoms with Crippen molar-refractivity contribution in [3.8, 4) is 0 Å². The second-order valence-corrected chi connectivity index (χ2v) is 5.63. The molecule has 0 bridgehead atoms. The number of rotatable bonds is 8. The zero-order chi connectivity index (χ0) is 20.7. The molecule has 1 heterocycles. The number of nitrogens with zero attached hydrogens (tertiary/aromatic N) is 4. The van der Waals surface area contributed by atoms with Crippen LogP contribution in [0.3, 0.4) is 0 Å². The Bertz CT molecular complexity index is 869. The van der Waals surface area contributed by atoms with Crippen LogP contribution in [0.15, 0.2) is 42.6 Å². The fraction of sp³-hybridized carbons (Fsp3) is 0.235. The van der Waals surface area contributed by atoms with Crippen LogP contribution < -0.4 is 0 Å². The van der Waals surface area contributed by atoms with Gasteiger partial charge in [-0.25, -0.2) is 0 Å². The average Bonchev–Trinajstić information content (AvgIpc) is 2.70. The number of carbonyl (C=O) groups is 2. The number of hydrogen-bond donors (Lipinski definition) is 0. The molecule has 1 aromatic heterocycles. The number of nitro benzene ring substituents is 2. The van der Waals surface area contributed by atoms with Crippen LogP contribution in [0, 0.1) is 20.2 Å². The molecule has 0 unspecified atom stereocenters. The van der Waals surface area contributed by atoms with Crippen molar-refractivity contribution >= 4 is 23.3 Å². The minimum absolute atomic E-state index is 0.00710. The summed E-state index contributed by atoms with van der Waals surface area (Å²) in [6.07, 6.45) is 1.41. The molecule has 0 aliphatic carbocycles. The van der Waals surface area contributed by atoms with Crippen molar-refractivity contribution in [2.45, 2.75) is 13.0 Å². The first-order valence-corrected chi connectivity index (χ1v) is 8.01. The second-order valence-electron chi connectivity index (χ2n) is 5.63. The molecule has 2 rings (SSSR count). The summed E-state index contributed by atoms with van der Waals surface area (Å²) >= 11 is 0. The van der Waals surface area contributed by atoms with Gasteiger partial charge in [0, 0.05) is 24.9 Å². The predicted molar refractivity (Wildman–Crippen MR) is 95.4 cm³/mol. The van der Waals surface area contributed by atoms with E-state index in [4.69, 9.17) is 0 Å². The minimum Gasteiger partial charge on any atom is -0.469 e. The Kier molecular flexibility index (Phi) is 6.68. The van der Waals surface area contributed by atoms with Crippen molar-refractivity contribution < 1.29 is 24.2 Å². The molecule has 0 spiro atoms.